The van der Waals surface area contributed by atoms with E-state index in [4.69, 9.17) is 5.73 Å². The van der Waals surface area contributed by atoms with E-state index in [1.165, 1.54) is 18.2 Å². The van der Waals surface area contributed by atoms with E-state index in [-0.39, 0.29) is 11.4 Å². The fourth-order valence-electron chi connectivity index (χ4n) is 2.31. The molecule has 5 heteroatoms. The molecule has 0 aliphatic rings. The second kappa shape index (κ2) is 4.85. The zero-order valence-corrected chi connectivity index (χ0v) is 10.8. The molecule has 0 unspecified atom stereocenters. The number of anilines is 1. The quantitative estimate of drug-likeness (QED) is 0.794. The van der Waals surface area contributed by atoms with Crippen LogP contribution in [0.15, 0.2) is 53.6 Å². The van der Waals surface area contributed by atoms with Crippen LogP contribution < -0.4 is 11.3 Å². The van der Waals surface area contributed by atoms with Crippen molar-refractivity contribution in [1.29, 1.82) is 0 Å². The highest BCUT2D eigenvalue weighted by atomic mass is 19.1. The van der Waals surface area contributed by atoms with Gasteiger partial charge in [0.15, 0.2) is 0 Å². The number of hydrogen-bond donors (Lipinski definition) is 1. The lowest BCUT2D eigenvalue weighted by atomic mass is 10.2. The van der Waals surface area contributed by atoms with Crippen LogP contribution in [0, 0.1) is 5.82 Å². The van der Waals surface area contributed by atoms with E-state index in [1.807, 2.05) is 16.8 Å². The molecular formula is C15H14FN3O. The molecule has 0 saturated carbocycles. The normalized spacial score (nSPS) is 11.1. The summed E-state index contributed by atoms with van der Waals surface area (Å²) in [4.78, 5) is 11.7. The number of pyridine rings is 1. The van der Waals surface area contributed by atoms with Gasteiger partial charge in [0.25, 0.3) is 5.56 Å². The summed E-state index contributed by atoms with van der Waals surface area (Å²) in [5, 5.41) is 0.852. The molecule has 3 aromatic rings. The van der Waals surface area contributed by atoms with Crippen molar-refractivity contribution < 1.29 is 4.39 Å². The maximum absolute atomic E-state index is 13.1. The summed E-state index contributed by atoms with van der Waals surface area (Å²) in [6.45, 7) is 1.14. The van der Waals surface area contributed by atoms with E-state index in [0.717, 1.165) is 10.9 Å². The number of aryl methyl sites for hydroxylation is 2. The van der Waals surface area contributed by atoms with Gasteiger partial charge in [0.05, 0.1) is 0 Å². The Balaban J connectivity index is 1.87. The molecular weight excluding hydrogens is 257 g/mol. The van der Waals surface area contributed by atoms with Crippen molar-refractivity contribution in [3.05, 3.63) is 65.0 Å². The maximum Gasteiger partial charge on any atom is 0.250 e. The van der Waals surface area contributed by atoms with Crippen LogP contribution in [0.25, 0.3) is 10.9 Å². The predicted molar refractivity (Wildman–Crippen MR) is 77.0 cm³/mol. The van der Waals surface area contributed by atoms with Gasteiger partial charge in [-0.15, -0.1) is 0 Å². The van der Waals surface area contributed by atoms with Gasteiger partial charge in [-0.05, 0) is 30.3 Å². The van der Waals surface area contributed by atoms with E-state index >= 15 is 0 Å². The van der Waals surface area contributed by atoms with Crippen molar-refractivity contribution in [1.82, 2.24) is 9.13 Å². The third kappa shape index (κ3) is 2.30. The lowest BCUT2D eigenvalue weighted by Crippen LogP contribution is -2.21. The average Bonchev–Trinajstić information content (AvgIpc) is 2.82. The second-order valence-corrected chi connectivity index (χ2v) is 4.71. The first-order valence-electron chi connectivity index (χ1n) is 6.34. The molecule has 2 heterocycles. The van der Waals surface area contributed by atoms with Gasteiger partial charge in [0, 0.05) is 48.1 Å². The molecule has 0 aliphatic carbocycles. The Morgan fingerprint density at radius 3 is 2.70 bits per heavy atom. The molecule has 2 aromatic heterocycles. The van der Waals surface area contributed by atoms with Gasteiger partial charge in [-0.2, -0.15) is 0 Å². The van der Waals surface area contributed by atoms with Crippen LogP contribution in [-0.4, -0.2) is 9.13 Å². The Labute approximate surface area is 114 Å². The highest BCUT2D eigenvalue weighted by molar-refractivity contribution is 5.80. The summed E-state index contributed by atoms with van der Waals surface area (Å²) >= 11 is 0. The van der Waals surface area contributed by atoms with E-state index in [2.05, 4.69) is 0 Å². The molecule has 20 heavy (non-hydrogen) atoms. The fraction of sp³-hybridized carbons (Fsp3) is 0.133. The zero-order chi connectivity index (χ0) is 14.1. The first-order valence-corrected chi connectivity index (χ1v) is 6.34. The lowest BCUT2D eigenvalue weighted by molar-refractivity contribution is 0.577. The van der Waals surface area contributed by atoms with Gasteiger partial charge in [-0.3, -0.25) is 4.79 Å². The van der Waals surface area contributed by atoms with Gasteiger partial charge in [0.2, 0.25) is 0 Å². The van der Waals surface area contributed by atoms with Crippen molar-refractivity contribution in [3.8, 4) is 0 Å². The van der Waals surface area contributed by atoms with Crippen molar-refractivity contribution in [2.75, 3.05) is 5.73 Å². The molecule has 0 radical (unpaired) electrons. The maximum atomic E-state index is 13.1. The average molecular weight is 271 g/mol. The monoisotopic (exact) mass is 271 g/mol. The number of nitrogens with two attached hydrogens (primary N) is 1. The molecule has 0 saturated heterocycles. The summed E-state index contributed by atoms with van der Waals surface area (Å²) in [7, 11) is 0. The van der Waals surface area contributed by atoms with E-state index in [9.17, 15) is 9.18 Å². The smallest absolute Gasteiger partial charge is 0.250 e. The van der Waals surface area contributed by atoms with Crippen molar-refractivity contribution in [2.24, 2.45) is 0 Å². The highest BCUT2D eigenvalue weighted by Gasteiger charge is 2.03. The van der Waals surface area contributed by atoms with Gasteiger partial charge >= 0.3 is 0 Å². The molecule has 4 nitrogen and oxygen atoms in total. The van der Waals surface area contributed by atoms with Crippen LogP contribution in [-0.2, 0) is 13.1 Å². The number of fused-ring (bicyclic) bond motifs is 1. The Morgan fingerprint density at radius 2 is 1.85 bits per heavy atom. The van der Waals surface area contributed by atoms with Gasteiger partial charge < -0.3 is 14.9 Å². The minimum Gasteiger partial charge on any atom is -0.398 e. The fourth-order valence-corrected chi connectivity index (χ4v) is 2.31. The number of rotatable bonds is 3. The minimum atomic E-state index is -0.248. The van der Waals surface area contributed by atoms with Crippen LogP contribution in [0.5, 0.6) is 0 Å². The third-order valence-electron chi connectivity index (χ3n) is 3.32. The number of nitrogen functional groups attached to an aromatic ring is 1. The summed E-state index contributed by atoms with van der Waals surface area (Å²) in [6.07, 6.45) is 3.52. The SMILES string of the molecule is Nc1ccc(=O)n(CCn2ccc3cc(F)ccc32)c1. The summed E-state index contributed by atoms with van der Waals surface area (Å²) in [5.74, 6) is -0.248. The molecule has 0 spiro atoms. The molecule has 0 aliphatic heterocycles. The first kappa shape index (κ1) is 12.5. The molecule has 1 aromatic carbocycles. The standard InChI is InChI=1S/C15H14FN3O/c16-12-1-3-14-11(9-12)5-6-18(14)7-8-19-10-13(17)2-4-15(19)20/h1-6,9-10H,7-8,17H2. The summed E-state index contributed by atoms with van der Waals surface area (Å²) in [5.41, 5.74) is 7.10. The van der Waals surface area contributed by atoms with Gasteiger partial charge in [-0.1, -0.05) is 0 Å². The Kier molecular flexibility index (Phi) is 3.02. The summed E-state index contributed by atoms with van der Waals surface area (Å²) < 4.78 is 16.7. The molecule has 2 N–H and O–H groups in total. The molecule has 0 fully saturated rings. The molecule has 3 rings (SSSR count). The lowest BCUT2D eigenvalue weighted by Gasteiger charge is -2.08. The van der Waals surface area contributed by atoms with Crippen molar-refractivity contribution >= 4 is 16.6 Å². The first-order chi connectivity index (χ1) is 9.63. The van der Waals surface area contributed by atoms with Gasteiger partial charge in [0.1, 0.15) is 5.82 Å². The highest BCUT2D eigenvalue weighted by Crippen LogP contribution is 2.17. The topological polar surface area (TPSA) is 53.0 Å². The van der Waals surface area contributed by atoms with Crippen LogP contribution in [0.1, 0.15) is 0 Å². The van der Waals surface area contributed by atoms with E-state index in [1.54, 1.807) is 22.9 Å². The second-order valence-electron chi connectivity index (χ2n) is 4.71. The van der Waals surface area contributed by atoms with Gasteiger partial charge in [-0.25, -0.2) is 4.39 Å². The molecule has 0 atom stereocenters. The minimum absolute atomic E-state index is 0.0818. The third-order valence-corrected chi connectivity index (χ3v) is 3.32. The Bertz CT molecular complexity index is 819. The number of nitrogens with zero attached hydrogens (tertiary/aromatic N) is 2. The van der Waals surface area contributed by atoms with E-state index < -0.39 is 0 Å². The van der Waals surface area contributed by atoms with Crippen molar-refractivity contribution in [3.63, 3.8) is 0 Å². The summed E-state index contributed by atoms with van der Waals surface area (Å²) in [6, 6.07) is 9.59. The number of benzene rings is 1. The molecule has 102 valence electrons. The van der Waals surface area contributed by atoms with Crippen LogP contribution in [0.2, 0.25) is 0 Å². The molecule has 0 bridgehead atoms. The Hall–Kier alpha value is -2.56. The molecule has 0 amide bonds. The Morgan fingerprint density at radius 1 is 1.05 bits per heavy atom. The number of hydrogen-bond acceptors (Lipinski definition) is 2. The largest absolute Gasteiger partial charge is 0.398 e. The predicted octanol–water partition coefficient (Wildman–Crippen LogP) is 2.22. The number of halogens is 1. The van der Waals surface area contributed by atoms with Crippen LogP contribution >= 0.6 is 0 Å². The zero-order valence-electron chi connectivity index (χ0n) is 10.8. The number of aromatic nitrogens is 2. The van der Waals surface area contributed by atoms with Crippen LogP contribution in [0.3, 0.4) is 0 Å². The van der Waals surface area contributed by atoms with E-state index in [0.29, 0.717) is 18.8 Å². The van der Waals surface area contributed by atoms with Crippen molar-refractivity contribution in [2.45, 2.75) is 13.1 Å². The van der Waals surface area contributed by atoms with Crippen LogP contribution in [0.4, 0.5) is 10.1 Å².